The van der Waals surface area contributed by atoms with Crippen LogP contribution in [0, 0.1) is 6.92 Å². The van der Waals surface area contributed by atoms with Gasteiger partial charge in [0.05, 0.1) is 6.61 Å². The minimum absolute atomic E-state index is 0.0698. The zero-order chi connectivity index (χ0) is 12.8. The van der Waals surface area contributed by atoms with Crippen LogP contribution in [0.2, 0.25) is 0 Å². The number of ether oxygens (including phenoxy) is 1. The molecule has 1 aliphatic rings. The smallest absolute Gasteiger partial charge is 0.342 e. The average Bonchev–Trinajstić information content (AvgIpc) is 2.29. The Balaban J connectivity index is 2.73. The maximum absolute atomic E-state index is 11.7. The topological polar surface area (TPSA) is 87.0 Å². The van der Waals surface area contributed by atoms with Crippen molar-refractivity contribution in [3.05, 3.63) is 28.8 Å². The van der Waals surface area contributed by atoms with Gasteiger partial charge in [-0.2, -0.15) is 0 Å². The van der Waals surface area contributed by atoms with Gasteiger partial charge in [-0.3, -0.25) is 0 Å². The summed E-state index contributed by atoms with van der Waals surface area (Å²) in [6.45, 7) is 2.55. The fraction of sp³-hybridized carbons (Fsp3) is 0.417. The molecule has 3 N–H and O–H groups in total. The summed E-state index contributed by atoms with van der Waals surface area (Å²) in [5, 5.41) is 29.4. The Bertz CT molecular complexity index is 482. The van der Waals surface area contributed by atoms with Crippen LogP contribution in [0.1, 0.15) is 28.4 Å². The van der Waals surface area contributed by atoms with Crippen molar-refractivity contribution in [2.75, 3.05) is 6.61 Å². The van der Waals surface area contributed by atoms with Crippen LogP contribution in [0.3, 0.4) is 0 Å². The molecule has 2 atom stereocenters. The molecule has 0 unspecified atom stereocenters. The number of esters is 1. The number of phenolic OH excluding ortho intramolecular Hbond substituents is 1. The van der Waals surface area contributed by atoms with E-state index in [1.165, 1.54) is 13.0 Å². The molecule has 92 valence electrons. The molecule has 1 aliphatic heterocycles. The first kappa shape index (κ1) is 11.9. The number of carbonyl (C=O) groups is 1. The van der Waals surface area contributed by atoms with Gasteiger partial charge in [0, 0.05) is 5.56 Å². The van der Waals surface area contributed by atoms with Gasteiger partial charge in [-0.25, -0.2) is 4.79 Å². The fourth-order valence-corrected chi connectivity index (χ4v) is 2.01. The Morgan fingerprint density at radius 1 is 1.47 bits per heavy atom. The lowest BCUT2D eigenvalue weighted by molar-refractivity contribution is -0.118. The number of cyclic esters (lactones) is 1. The van der Waals surface area contributed by atoms with Gasteiger partial charge in [-0.05, 0) is 19.4 Å². The van der Waals surface area contributed by atoms with Crippen molar-refractivity contribution >= 4 is 5.97 Å². The highest BCUT2D eigenvalue weighted by atomic mass is 16.6. The van der Waals surface area contributed by atoms with Gasteiger partial charge in [-0.15, -0.1) is 0 Å². The van der Waals surface area contributed by atoms with Crippen molar-refractivity contribution in [3.63, 3.8) is 0 Å². The van der Waals surface area contributed by atoms with E-state index in [9.17, 15) is 20.1 Å². The third-order valence-corrected chi connectivity index (χ3v) is 3.25. The number of carbonyl (C=O) groups excluding carboxylic acids is 1. The molecule has 5 nitrogen and oxygen atoms in total. The highest BCUT2D eigenvalue weighted by molar-refractivity contribution is 5.96. The van der Waals surface area contributed by atoms with E-state index in [1.54, 1.807) is 13.0 Å². The van der Waals surface area contributed by atoms with E-state index in [0.29, 0.717) is 5.56 Å². The number of aryl methyl sites for hydroxylation is 1. The molecule has 1 aromatic rings. The van der Waals surface area contributed by atoms with Gasteiger partial charge >= 0.3 is 5.97 Å². The predicted molar refractivity (Wildman–Crippen MR) is 58.7 cm³/mol. The van der Waals surface area contributed by atoms with Gasteiger partial charge < -0.3 is 20.1 Å². The second-order valence-corrected chi connectivity index (χ2v) is 4.28. The lowest BCUT2D eigenvalue weighted by atomic mass is 9.83. The lowest BCUT2D eigenvalue weighted by Crippen LogP contribution is -2.48. The number of rotatable bonds is 1. The van der Waals surface area contributed by atoms with Crippen LogP contribution in [0.4, 0.5) is 0 Å². The van der Waals surface area contributed by atoms with Crippen molar-refractivity contribution in [2.24, 2.45) is 0 Å². The summed E-state index contributed by atoms with van der Waals surface area (Å²) in [6, 6.07) is 3.11. The summed E-state index contributed by atoms with van der Waals surface area (Å²) in [5.74, 6) is -0.905. The number of hydrogen-bond donors (Lipinski definition) is 3. The van der Waals surface area contributed by atoms with E-state index in [1.807, 2.05) is 0 Å². The van der Waals surface area contributed by atoms with Gasteiger partial charge in [-0.1, -0.05) is 12.1 Å². The molecule has 0 fully saturated rings. The summed E-state index contributed by atoms with van der Waals surface area (Å²) in [6.07, 6.45) is -0.866. The molecule has 1 heterocycles. The van der Waals surface area contributed by atoms with Crippen molar-refractivity contribution in [1.29, 1.82) is 0 Å². The molecule has 5 heteroatoms. The molecular weight excluding hydrogens is 224 g/mol. The summed E-state index contributed by atoms with van der Waals surface area (Å²) in [4.78, 5) is 11.7. The van der Waals surface area contributed by atoms with E-state index < -0.39 is 24.3 Å². The second kappa shape index (κ2) is 3.72. The molecule has 0 bridgehead atoms. The number of fused-ring (bicyclic) bond motifs is 1. The molecule has 0 saturated carbocycles. The van der Waals surface area contributed by atoms with Crippen molar-refractivity contribution in [2.45, 2.75) is 25.6 Å². The van der Waals surface area contributed by atoms with Crippen molar-refractivity contribution in [3.8, 4) is 5.75 Å². The standard InChI is InChI=1S/C12H14O5/c1-6-3-4-8-9(10(6)14)11(15)17-7(2)12(8,16)5-13/h3-4,7,13-14,16H,5H2,1-2H3/t7-,12+/m1/s1. The van der Waals surface area contributed by atoms with E-state index in [-0.39, 0.29) is 16.9 Å². The molecular formula is C12H14O5. The number of aliphatic hydroxyl groups is 2. The van der Waals surface area contributed by atoms with Crippen LogP contribution in [0.5, 0.6) is 5.75 Å². The minimum atomic E-state index is -1.67. The van der Waals surface area contributed by atoms with Crippen LogP contribution < -0.4 is 0 Å². The maximum Gasteiger partial charge on any atom is 0.342 e. The average molecular weight is 238 g/mol. The Morgan fingerprint density at radius 3 is 2.71 bits per heavy atom. The molecule has 0 saturated heterocycles. The van der Waals surface area contributed by atoms with Crippen LogP contribution in [0.15, 0.2) is 12.1 Å². The van der Waals surface area contributed by atoms with E-state index >= 15 is 0 Å². The van der Waals surface area contributed by atoms with Crippen LogP contribution >= 0.6 is 0 Å². The third-order valence-electron chi connectivity index (χ3n) is 3.25. The number of benzene rings is 1. The summed E-state index contributed by atoms with van der Waals surface area (Å²) in [7, 11) is 0. The first-order chi connectivity index (χ1) is 7.91. The molecule has 0 amide bonds. The predicted octanol–water partition coefficient (Wildman–Crippen LogP) is 0.439. The molecule has 1 aromatic carbocycles. The molecule has 2 rings (SSSR count). The zero-order valence-corrected chi connectivity index (χ0v) is 9.60. The number of aromatic hydroxyl groups is 1. The molecule has 0 radical (unpaired) electrons. The fourth-order valence-electron chi connectivity index (χ4n) is 2.01. The lowest BCUT2D eigenvalue weighted by Gasteiger charge is -2.37. The summed E-state index contributed by atoms with van der Waals surface area (Å²) in [5.41, 5.74) is -1.03. The first-order valence-electron chi connectivity index (χ1n) is 5.29. The Labute approximate surface area is 98.3 Å². The van der Waals surface area contributed by atoms with E-state index in [4.69, 9.17) is 4.74 Å². The van der Waals surface area contributed by atoms with Crippen LogP contribution in [-0.2, 0) is 10.3 Å². The number of phenols is 1. The molecule has 0 aliphatic carbocycles. The molecule has 0 aromatic heterocycles. The van der Waals surface area contributed by atoms with Crippen LogP contribution in [0.25, 0.3) is 0 Å². The Kier molecular flexibility index (Phi) is 2.60. The van der Waals surface area contributed by atoms with Crippen molar-refractivity contribution in [1.82, 2.24) is 0 Å². The quantitative estimate of drug-likeness (QED) is 0.618. The summed E-state index contributed by atoms with van der Waals surface area (Å²) >= 11 is 0. The van der Waals surface area contributed by atoms with E-state index in [2.05, 4.69) is 0 Å². The summed E-state index contributed by atoms with van der Waals surface area (Å²) < 4.78 is 4.95. The normalized spacial score (nSPS) is 27.5. The highest BCUT2D eigenvalue weighted by Gasteiger charge is 2.46. The zero-order valence-electron chi connectivity index (χ0n) is 9.60. The van der Waals surface area contributed by atoms with Gasteiger partial charge in [0.1, 0.15) is 23.0 Å². The monoisotopic (exact) mass is 238 g/mol. The van der Waals surface area contributed by atoms with Gasteiger partial charge in [0.2, 0.25) is 0 Å². The SMILES string of the molecule is Cc1ccc2c(c1O)C(=O)O[C@H](C)[C@@]2(O)CO. The van der Waals surface area contributed by atoms with Crippen molar-refractivity contribution < 1.29 is 24.9 Å². The van der Waals surface area contributed by atoms with E-state index in [0.717, 1.165) is 0 Å². The Morgan fingerprint density at radius 2 is 2.12 bits per heavy atom. The van der Waals surface area contributed by atoms with Gasteiger partial charge in [0.15, 0.2) is 0 Å². The highest BCUT2D eigenvalue weighted by Crippen LogP contribution is 2.39. The third kappa shape index (κ3) is 1.50. The second-order valence-electron chi connectivity index (χ2n) is 4.28. The van der Waals surface area contributed by atoms with Gasteiger partial charge in [0.25, 0.3) is 0 Å². The molecule has 17 heavy (non-hydrogen) atoms. The number of aliphatic hydroxyl groups excluding tert-OH is 1. The first-order valence-corrected chi connectivity index (χ1v) is 5.29. The number of hydrogen-bond acceptors (Lipinski definition) is 5. The van der Waals surface area contributed by atoms with Crippen LogP contribution in [-0.4, -0.2) is 34.0 Å². The largest absolute Gasteiger partial charge is 0.507 e. The molecule has 0 spiro atoms. The maximum atomic E-state index is 11.7. The minimum Gasteiger partial charge on any atom is -0.507 e. The Hall–Kier alpha value is -1.59.